The maximum Gasteiger partial charge on any atom is 0.347 e. The molecule has 0 radical (unpaired) electrons. The normalized spacial score (nSPS) is 24.3. The Morgan fingerprint density at radius 2 is 1.91 bits per heavy atom. The van der Waals surface area contributed by atoms with Gasteiger partial charge in [-0.05, 0) is 37.1 Å². The zero-order valence-corrected chi connectivity index (χ0v) is 19.3. The molecule has 8 nitrogen and oxygen atoms in total. The summed E-state index contributed by atoms with van der Waals surface area (Å²) in [6.45, 7) is 8.90. The first-order chi connectivity index (χ1) is 15.2. The minimum absolute atomic E-state index is 0.0512. The second-order valence-corrected chi connectivity index (χ2v) is 8.11. The molecule has 0 spiro atoms. The van der Waals surface area contributed by atoms with Crippen LogP contribution in [0.2, 0.25) is 0 Å². The lowest BCUT2D eigenvalue weighted by molar-refractivity contribution is -0.188. The molecule has 1 aliphatic heterocycles. The summed E-state index contributed by atoms with van der Waals surface area (Å²) in [6.07, 6.45) is 1.14. The number of cyclic esters (lactones) is 1. The van der Waals surface area contributed by atoms with Gasteiger partial charge in [0.15, 0.2) is 5.78 Å². The minimum Gasteiger partial charge on any atom is -0.497 e. The van der Waals surface area contributed by atoms with Gasteiger partial charge in [0.2, 0.25) is 5.60 Å². The maximum absolute atomic E-state index is 13.6. The predicted octanol–water partition coefficient (Wildman–Crippen LogP) is 3.33. The Hall–Kier alpha value is -2.71. The summed E-state index contributed by atoms with van der Waals surface area (Å²) in [6, 6.07) is 6.47. The Morgan fingerprint density at radius 1 is 1.25 bits per heavy atom. The highest BCUT2D eigenvalue weighted by Crippen LogP contribution is 2.44. The third-order valence-electron chi connectivity index (χ3n) is 6.08. The van der Waals surface area contributed by atoms with Crippen LogP contribution in [0, 0.1) is 11.3 Å². The standard InChI is InChI=1S/C24H32O8/c1-7-16(3)19(32-21(26)17-9-11-18(29-6)12-10-17)13-20(25)24(31-15-28-5)22(27)30-14-23(24,4)8-2/h8-12,16,19H,2,7,13-15H2,1,3-6H3/t16-,19+,23-,24+/m0/s1. The van der Waals surface area contributed by atoms with Gasteiger partial charge in [0.25, 0.3) is 0 Å². The number of esters is 2. The smallest absolute Gasteiger partial charge is 0.347 e. The fourth-order valence-corrected chi connectivity index (χ4v) is 3.62. The molecule has 0 bridgehead atoms. The van der Waals surface area contributed by atoms with Crippen LogP contribution in [-0.4, -0.2) is 57.0 Å². The number of rotatable bonds is 12. The van der Waals surface area contributed by atoms with Crippen LogP contribution in [-0.2, 0) is 28.5 Å². The van der Waals surface area contributed by atoms with E-state index in [0.717, 1.165) is 0 Å². The average molecular weight is 449 g/mol. The lowest BCUT2D eigenvalue weighted by Crippen LogP contribution is -2.57. The lowest BCUT2D eigenvalue weighted by atomic mass is 9.71. The third-order valence-corrected chi connectivity index (χ3v) is 6.08. The molecular weight excluding hydrogens is 416 g/mol. The molecule has 176 valence electrons. The zero-order chi connectivity index (χ0) is 23.9. The summed E-state index contributed by atoms with van der Waals surface area (Å²) >= 11 is 0. The lowest BCUT2D eigenvalue weighted by Gasteiger charge is -2.36. The van der Waals surface area contributed by atoms with Gasteiger partial charge in [-0.2, -0.15) is 0 Å². The van der Waals surface area contributed by atoms with Crippen LogP contribution >= 0.6 is 0 Å². The number of ether oxygens (including phenoxy) is 5. The Balaban J connectivity index is 2.31. The molecule has 32 heavy (non-hydrogen) atoms. The maximum atomic E-state index is 13.6. The molecular formula is C24H32O8. The van der Waals surface area contributed by atoms with Crippen molar-refractivity contribution in [3.05, 3.63) is 42.5 Å². The van der Waals surface area contributed by atoms with E-state index >= 15 is 0 Å². The van der Waals surface area contributed by atoms with Crippen LogP contribution in [0.1, 0.15) is 44.0 Å². The van der Waals surface area contributed by atoms with Crippen molar-refractivity contribution >= 4 is 17.7 Å². The van der Waals surface area contributed by atoms with E-state index in [1.807, 2.05) is 13.8 Å². The summed E-state index contributed by atoms with van der Waals surface area (Å²) in [5.41, 5.74) is -2.70. The Kier molecular flexibility index (Phi) is 8.58. The Labute approximate surface area is 188 Å². The largest absolute Gasteiger partial charge is 0.497 e. The van der Waals surface area contributed by atoms with Crippen molar-refractivity contribution in [1.29, 1.82) is 0 Å². The Bertz CT molecular complexity index is 833. The van der Waals surface area contributed by atoms with Crippen molar-refractivity contribution in [2.75, 3.05) is 27.6 Å². The first kappa shape index (κ1) is 25.5. The molecule has 1 heterocycles. The second kappa shape index (κ2) is 10.7. The van der Waals surface area contributed by atoms with Crippen molar-refractivity contribution in [2.45, 2.75) is 45.3 Å². The van der Waals surface area contributed by atoms with Crippen molar-refractivity contribution in [3.63, 3.8) is 0 Å². The summed E-state index contributed by atoms with van der Waals surface area (Å²) < 4.78 is 26.7. The molecule has 0 amide bonds. The molecule has 1 aromatic carbocycles. The van der Waals surface area contributed by atoms with Gasteiger partial charge >= 0.3 is 11.9 Å². The monoisotopic (exact) mass is 448 g/mol. The molecule has 0 unspecified atom stereocenters. The molecule has 2 rings (SSSR count). The van der Waals surface area contributed by atoms with E-state index in [0.29, 0.717) is 17.7 Å². The van der Waals surface area contributed by atoms with Gasteiger partial charge in [-0.25, -0.2) is 9.59 Å². The highest BCUT2D eigenvalue weighted by molar-refractivity contribution is 6.10. The number of hydrogen-bond acceptors (Lipinski definition) is 8. The predicted molar refractivity (Wildman–Crippen MR) is 116 cm³/mol. The number of hydrogen-bond donors (Lipinski definition) is 0. The fraction of sp³-hybridized carbons (Fsp3) is 0.542. The van der Waals surface area contributed by atoms with Gasteiger partial charge in [-0.1, -0.05) is 26.3 Å². The van der Waals surface area contributed by atoms with Gasteiger partial charge in [-0.3, -0.25) is 4.79 Å². The molecule has 1 fully saturated rings. The van der Waals surface area contributed by atoms with Crippen LogP contribution in [0.3, 0.4) is 0 Å². The number of methoxy groups -OCH3 is 2. The number of ketones is 1. The van der Waals surface area contributed by atoms with Crippen molar-refractivity contribution in [3.8, 4) is 5.75 Å². The van der Waals surface area contributed by atoms with Gasteiger partial charge in [0, 0.05) is 13.5 Å². The second-order valence-electron chi connectivity index (χ2n) is 8.11. The molecule has 1 aliphatic rings. The van der Waals surface area contributed by atoms with E-state index in [9.17, 15) is 14.4 Å². The number of benzene rings is 1. The van der Waals surface area contributed by atoms with E-state index < -0.39 is 34.8 Å². The number of carbonyl (C=O) groups is 3. The van der Waals surface area contributed by atoms with Crippen LogP contribution in [0.4, 0.5) is 0 Å². The van der Waals surface area contributed by atoms with E-state index in [1.54, 1.807) is 31.2 Å². The molecule has 8 heteroatoms. The molecule has 0 N–H and O–H groups in total. The van der Waals surface area contributed by atoms with Gasteiger partial charge in [0.05, 0.1) is 18.1 Å². The first-order valence-corrected chi connectivity index (χ1v) is 10.5. The molecule has 4 atom stereocenters. The molecule has 1 aromatic rings. The summed E-state index contributed by atoms with van der Waals surface area (Å²) in [5, 5.41) is 0. The summed E-state index contributed by atoms with van der Waals surface area (Å²) in [5.74, 6) is -1.46. The quantitative estimate of drug-likeness (QED) is 0.208. The molecule has 1 saturated heterocycles. The van der Waals surface area contributed by atoms with E-state index in [2.05, 4.69) is 6.58 Å². The minimum atomic E-state index is -1.93. The van der Waals surface area contributed by atoms with Crippen LogP contribution in [0.15, 0.2) is 36.9 Å². The van der Waals surface area contributed by atoms with Crippen LogP contribution in [0.5, 0.6) is 5.75 Å². The fourth-order valence-electron chi connectivity index (χ4n) is 3.62. The van der Waals surface area contributed by atoms with E-state index in [-0.39, 0.29) is 25.7 Å². The molecule has 0 aromatic heterocycles. The molecule has 0 aliphatic carbocycles. The number of Topliss-reactive ketones (excluding diaryl/α,β-unsaturated/α-hetero) is 1. The van der Waals surface area contributed by atoms with Gasteiger partial charge in [-0.15, -0.1) is 6.58 Å². The van der Waals surface area contributed by atoms with Crippen molar-refractivity contribution in [2.24, 2.45) is 11.3 Å². The van der Waals surface area contributed by atoms with Crippen LogP contribution in [0.25, 0.3) is 0 Å². The van der Waals surface area contributed by atoms with Crippen LogP contribution < -0.4 is 4.74 Å². The first-order valence-electron chi connectivity index (χ1n) is 10.5. The highest BCUT2D eigenvalue weighted by Gasteiger charge is 2.65. The topological polar surface area (TPSA) is 97.4 Å². The SMILES string of the molecule is C=C[C@@]1(C)COC(=O)[C@]1(OCOC)C(=O)C[C@@H](OC(=O)c1ccc(OC)cc1)[C@@H](C)CC. The molecule has 0 saturated carbocycles. The zero-order valence-electron chi connectivity index (χ0n) is 19.3. The van der Waals surface area contributed by atoms with Crippen molar-refractivity contribution in [1.82, 2.24) is 0 Å². The average Bonchev–Trinajstić information content (AvgIpc) is 3.07. The van der Waals surface area contributed by atoms with E-state index in [4.69, 9.17) is 23.7 Å². The summed E-state index contributed by atoms with van der Waals surface area (Å²) in [4.78, 5) is 39.0. The van der Waals surface area contributed by atoms with Crippen molar-refractivity contribution < 1.29 is 38.1 Å². The van der Waals surface area contributed by atoms with Gasteiger partial charge < -0.3 is 23.7 Å². The van der Waals surface area contributed by atoms with E-state index in [1.165, 1.54) is 20.3 Å². The summed E-state index contributed by atoms with van der Waals surface area (Å²) in [7, 11) is 2.92. The third kappa shape index (κ3) is 4.86. The highest BCUT2D eigenvalue weighted by atomic mass is 16.7. The Morgan fingerprint density at radius 3 is 2.44 bits per heavy atom. The number of carbonyl (C=O) groups excluding carboxylic acids is 3. The van der Waals surface area contributed by atoms with Gasteiger partial charge in [0.1, 0.15) is 25.3 Å².